The lowest BCUT2D eigenvalue weighted by Crippen LogP contribution is -1.98. The first-order chi connectivity index (χ1) is 6.79. The Morgan fingerprint density at radius 3 is 2.53 bits per heavy atom. The summed E-state index contributed by atoms with van der Waals surface area (Å²) in [7, 11) is 0. The second kappa shape index (κ2) is 4.54. The lowest BCUT2D eigenvalue weighted by atomic mass is 9.98. The van der Waals surface area contributed by atoms with E-state index in [9.17, 15) is 4.79 Å². The first-order valence-corrected chi connectivity index (χ1v) is 6.25. The van der Waals surface area contributed by atoms with Gasteiger partial charge in [0.1, 0.15) is 4.88 Å². The van der Waals surface area contributed by atoms with E-state index in [1.807, 2.05) is 49.4 Å². The zero-order chi connectivity index (χ0) is 11.6. The van der Waals surface area contributed by atoms with Crippen LogP contribution in [0.25, 0.3) is 0 Å². The molecule has 0 spiro atoms. The quantitative estimate of drug-likeness (QED) is 0.631. The van der Waals surface area contributed by atoms with Gasteiger partial charge in [0.05, 0.1) is 4.88 Å². The van der Waals surface area contributed by atoms with E-state index in [2.05, 4.69) is 11.8 Å². The molecule has 4 heteroatoms. The summed E-state index contributed by atoms with van der Waals surface area (Å²) < 4.78 is 0.753. The number of thiophene rings is 1. The highest BCUT2D eigenvalue weighted by molar-refractivity contribution is 14.1. The summed E-state index contributed by atoms with van der Waals surface area (Å²) in [5, 5.41) is 8.86. The molecule has 15 heavy (non-hydrogen) atoms. The SMILES string of the molecule is CC(C)(C)C#Cc1cc(I)c(C(=O)O)s1. The molecule has 80 valence electrons. The molecule has 1 aromatic rings. The van der Waals surface area contributed by atoms with Crippen LogP contribution in [0, 0.1) is 20.8 Å². The maximum atomic E-state index is 10.8. The molecular formula is C11H11IO2S. The van der Waals surface area contributed by atoms with Gasteiger partial charge < -0.3 is 5.11 Å². The van der Waals surface area contributed by atoms with Crippen LogP contribution in [-0.4, -0.2) is 11.1 Å². The molecule has 0 saturated carbocycles. The molecular weight excluding hydrogens is 323 g/mol. The van der Waals surface area contributed by atoms with Crippen molar-refractivity contribution in [1.29, 1.82) is 0 Å². The normalized spacial score (nSPS) is 10.7. The summed E-state index contributed by atoms with van der Waals surface area (Å²) in [5.74, 6) is 5.20. The van der Waals surface area contributed by atoms with E-state index >= 15 is 0 Å². The summed E-state index contributed by atoms with van der Waals surface area (Å²) in [4.78, 5) is 12.0. The highest BCUT2D eigenvalue weighted by Crippen LogP contribution is 2.23. The zero-order valence-corrected chi connectivity index (χ0v) is 11.7. The number of hydrogen-bond donors (Lipinski definition) is 1. The van der Waals surface area contributed by atoms with Gasteiger partial charge in [-0.3, -0.25) is 0 Å². The van der Waals surface area contributed by atoms with Gasteiger partial charge in [-0.05, 0) is 49.4 Å². The van der Waals surface area contributed by atoms with Crippen molar-refractivity contribution in [2.75, 3.05) is 0 Å². The van der Waals surface area contributed by atoms with Crippen molar-refractivity contribution >= 4 is 39.9 Å². The van der Waals surface area contributed by atoms with Crippen LogP contribution >= 0.6 is 33.9 Å². The summed E-state index contributed by atoms with van der Waals surface area (Å²) in [6, 6.07) is 1.81. The largest absolute Gasteiger partial charge is 0.477 e. The van der Waals surface area contributed by atoms with Crippen LogP contribution < -0.4 is 0 Å². The Balaban J connectivity index is 3.02. The molecule has 0 amide bonds. The van der Waals surface area contributed by atoms with Crippen LogP contribution in [-0.2, 0) is 0 Å². The minimum absolute atomic E-state index is 0.0567. The molecule has 1 aromatic heterocycles. The summed E-state index contributed by atoms with van der Waals surface area (Å²) in [5.41, 5.74) is -0.0567. The molecule has 0 unspecified atom stereocenters. The topological polar surface area (TPSA) is 37.3 Å². The molecule has 0 aromatic carbocycles. The van der Waals surface area contributed by atoms with Gasteiger partial charge in [0.25, 0.3) is 0 Å². The van der Waals surface area contributed by atoms with E-state index in [4.69, 9.17) is 5.11 Å². The van der Waals surface area contributed by atoms with Crippen LogP contribution in [0.1, 0.15) is 35.3 Å². The molecule has 0 aliphatic carbocycles. The summed E-state index contributed by atoms with van der Waals surface area (Å²) in [6.45, 7) is 6.07. The second-order valence-electron chi connectivity index (χ2n) is 4.09. The third-order valence-electron chi connectivity index (χ3n) is 1.44. The van der Waals surface area contributed by atoms with E-state index in [1.165, 1.54) is 11.3 Å². The van der Waals surface area contributed by atoms with Crippen LogP contribution in [0.4, 0.5) is 0 Å². The Hall–Kier alpha value is -0.540. The van der Waals surface area contributed by atoms with Gasteiger partial charge in [-0.2, -0.15) is 0 Å². The molecule has 0 atom stereocenters. The van der Waals surface area contributed by atoms with Crippen LogP contribution in [0.15, 0.2) is 6.07 Å². The van der Waals surface area contributed by atoms with Crippen molar-refractivity contribution in [2.45, 2.75) is 20.8 Å². The van der Waals surface area contributed by atoms with Crippen molar-refractivity contribution in [3.05, 3.63) is 19.4 Å². The predicted molar refractivity (Wildman–Crippen MR) is 70.3 cm³/mol. The lowest BCUT2D eigenvalue weighted by Gasteiger charge is -2.06. The average Bonchev–Trinajstić information content (AvgIpc) is 2.42. The molecule has 1 heterocycles. The number of carboxylic acids is 1. The summed E-state index contributed by atoms with van der Waals surface area (Å²) >= 11 is 3.25. The van der Waals surface area contributed by atoms with Crippen molar-refractivity contribution in [3.8, 4) is 11.8 Å². The second-order valence-corrected chi connectivity index (χ2v) is 6.31. The highest BCUT2D eigenvalue weighted by atomic mass is 127. The minimum Gasteiger partial charge on any atom is -0.477 e. The molecule has 0 bridgehead atoms. The predicted octanol–water partition coefficient (Wildman–Crippen LogP) is 3.45. The first-order valence-electron chi connectivity index (χ1n) is 4.35. The fraction of sp³-hybridized carbons (Fsp3) is 0.364. The minimum atomic E-state index is -0.881. The number of halogens is 1. The number of rotatable bonds is 1. The van der Waals surface area contributed by atoms with Crippen molar-refractivity contribution < 1.29 is 9.90 Å². The van der Waals surface area contributed by atoms with Crippen molar-refractivity contribution in [2.24, 2.45) is 5.41 Å². The number of carboxylic acid groups (broad SMARTS) is 1. The van der Waals surface area contributed by atoms with Gasteiger partial charge in [0, 0.05) is 8.99 Å². The number of aromatic carboxylic acids is 1. The Kier molecular flexibility index (Phi) is 3.79. The smallest absolute Gasteiger partial charge is 0.347 e. The maximum Gasteiger partial charge on any atom is 0.347 e. The lowest BCUT2D eigenvalue weighted by molar-refractivity contribution is 0.0701. The van der Waals surface area contributed by atoms with E-state index < -0.39 is 5.97 Å². The Labute approximate surface area is 107 Å². The molecule has 2 nitrogen and oxygen atoms in total. The fourth-order valence-electron chi connectivity index (χ4n) is 0.825. The van der Waals surface area contributed by atoms with Gasteiger partial charge in [-0.15, -0.1) is 11.3 Å². The summed E-state index contributed by atoms with van der Waals surface area (Å²) in [6.07, 6.45) is 0. The molecule has 0 fully saturated rings. The Morgan fingerprint density at radius 2 is 2.13 bits per heavy atom. The Bertz CT molecular complexity index is 443. The van der Waals surface area contributed by atoms with Crippen molar-refractivity contribution in [1.82, 2.24) is 0 Å². The van der Waals surface area contributed by atoms with E-state index in [0.717, 1.165) is 8.45 Å². The van der Waals surface area contributed by atoms with Gasteiger partial charge in [-0.25, -0.2) is 4.79 Å². The highest BCUT2D eigenvalue weighted by Gasteiger charge is 2.12. The third-order valence-corrected chi connectivity index (χ3v) is 3.70. The standard InChI is InChI=1S/C11H11IO2S/c1-11(2,3)5-4-7-6-8(12)9(15-7)10(13)14/h6H,1-3H3,(H,13,14). The van der Waals surface area contributed by atoms with Gasteiger partial charge in [0.2, 0.25) is 0 Å². The Morgan fingerprint density at radius 1 is 1.53 bits per heavy atom. The molecule has 0 aliphatic rings. The van der Waals surface area contributed by atoms with Gasteiger partial charge in [-0.1, -0.05) is 11.8 Å². The molecule has 1 N–H and O–H groups in total. The van der Waals surface area contributed by atoms with Gasteiger partial charge in [0.15, 0.2) is 0 Å². The van der Waals surface area contributed by atoms with E-state index in [0.29, 0.717) is 4.88 Å². The third kappa shape index (κ3) is 3.84. The van der Waals surface area contributed by atoms with Gasteiger partial charge >= 0.3 is 5.97 Å². The average molecular weight is 334 g/mol. The molecule has 0 saturated heterocycles. The molecule has 1 rings (SSSR count). The number of hydrogen-bond acceptors (Lipinski definition) is 2. The monoisotopic (exact) mass is 334 g/mol. The maximum absolute atomic E-state index is 10.8. The van der Waals surface area contributed by atoms with E-state index in [-0.39, 0.29) is 5.41 Å². The number of carbonyl (C=O) groups is 1. The van der Waals surface area contributed by atoms with E-state index in [1.54, 1.807) is 0 Å². The van der Waals surface area contributed by atoms with Crippen LogP contribution in [0.2, 0.25) is 0 Å². The van der Waals surface area contributed by atoms with Crippen LogP contribution in [0.3, 0.4) is 0 Å². The molecule has 0 aliphatic heterocycles. The van der Waals surface area contributed by atoms with Crippen molar-refractivity contribution in [3.63, 3.8) is 0 Å². The fourth-order valence-corrected chi connectivity index (χ4v) is 2.65. The van der Waals surface area contributed by atoms with Crippen LogP contribution in [0.5, 0.6) is 0 Å². The zero-order valence-electron chi connectivity index (χ0n) is 8.72. The first kappa shape index (κ1) is 12.5. The molecule has 0 radical (unpaired) electrons.